The van der Waals surface area contributed by atoms with Crippen molar-refractivity contribution in [3.8, 4) is 17.1 Å². The quantitative estimate of drug-likeness (QED) is 0.594. The van der Waals surface area contributed by atoms with Crippen LogP contribution in [0, 0.1) is 0 Å². The van der Waals surface area contributed by atoms with Gasteiger partial charge in [0.25, 0.3) is 0 Å². The monoisotopic (exact) mass is 394 g/mol. The summed E-state index contributed by atoms with van der Waals surface area (Å²) in [6, 6.07) is 11.1. The molecule has 1 aromatic carbocycles. The smallest absolute Gasteiger partial charge is 0.246 e. The highest BCUT2D eigenvalue weighted by Crippen LogP contribution is 2.20. The molecule has 4 rings (SSSR count). The largest absolute Gasteiger partial charge is 0.497 e. The van der Waals surface area contributed by atoms with E-state index in [-0.39, 0.29) is 5.91 Å². The number of ether oxygens (including phenoxy) is 1. The van der Waals surface area contributed by atoms with Gasteiger partial charge in [0.1, 0.15) is 11.5 Å². The van der Waals surface area contributed by atoms with Crippen molar-refractivity contribution in [2.45, 2.75) is 6.54 Å². The first-order chi connectivity index (χ1) is 14.2. The van der Waals surface area contributed by atoms with Crippen molar-refractivity contribution in [3.05, 3.63) is 60.4 Å². The number of rotatable bonds is 6. The van der Waals surface area contributed by atoms with Gasteiger partial charge in [-0.2, -0.15) is 4.98 Å². The van der Waals surface area contributed by atoms with Gasteiger partial charge >= 0.3 is 0 Å². The number of carbonyl (C=O) groups excluding carboxylic acids is 1. The number of carbonyl (C=O) groups is 1. The summed E-state index contributed by atoms with van der Waals surface area (Å²) in [7, 11) is 1.63. The van der Waals surface area contributed by atoms with Crippen molar-refractivity contribution in [3.63, 3.8) is 0 Å². The first-order valence-corrected chi connectivity index (χ1v) is 9.41. The number of furan rings is 1. The number of hydrogen-bond donors (Lipinski definition) is 0. The summed E-state index contributed by atoms with van der Waals surface area (Å²) < 4.78 is 15.8. The Hall–Kier alpha value is -3.39. The number of hydrogen-bond acceptors (Lipinski definition) is 7. The van der Waals surface area contributed by atoms with Crippen LogP contribution in [0.15, 0.2) is 57.7 Å². The Morgan fingerprint density at radius 2 is 1.97 bits per heavy atom. The summed E-state index contributed by atoms with van der Waals surface area (Å²) in [5.41, 5.74) is 0.875. The van der Waals surface area contributed by atoms with Crippen molar-refractivity contribution in [2.75, 3.05) is 33.3 Å². The molecule has 0 atom stereocenters. The molecule has 0 N–H and O–H groups in total. The lowest BCUT2D eigenvalue weighted by Gasteiger charge is -2.33. The van der Waals surface area contributed by atoms with Gasteiger partial charge in [0, 0.05) is 37.8 Å². The molecular weight excluding hydrogens is 372 g/mol. The van der Waals surface area contributed by atoms with E-state index >= 15 is 0 Å². The van der Waals surface area contributed by atoms with Crippen LogP contribution in [-0.2, 0) is 11.3 Å². The summed E-state index contributed by atoms with van der Waals surface area (Å²) in [4.78, 5) is 20.8. The van der Waals surface area contributed by atoms with Crippen molar-refractivity contribution >= 4 is 12.0 Å². The number of benzene rings is 1. The summed E-state index contributed by atoms with van der Waals surface area (Å²) >= 11 is 0. The molecular formula is C21H22N4O4. The Balaban J connectivity index is 1.28. The fraction of sp³-hybridized carbons (Fsp3) is 0.286. The minimum atomic E-state index is -0.0133. The Morgan fingerprint density at radius 1 is 1.17 bits per heavy atom. The van der Waals surface area contributed by atoms with Gasteiger partial charge in [0.15, 0.2) is 0 Å². The first kappa shape index (κ1) is 18.9. The summed E-state index contributed by atoms with van der Waals surface area (Å²) in [6.07, 6.45) is 4.82. The van der Waals surface area contributed by atoms with E-state index in [0.717, 1.165) is 24.4 Å². The lowest BCUT2D eigenvalue weighted by molar-refractivity contribution is -0.127. The van der Waals surface area contributed by atoms with Gasteiger partial charge in [0.2, 0.25) is 17.6 Å². The third kappa shape index (κ3) is 4.72. The maximum Gasteiger partial charge on any atom is 0.246 e. The van der Waals surface area contributed by atoms with Gasteiger partial charge in [-0.15, -0.1) is 0 Å². The van der Waals surface area contributed by atoms with Crippen LogP contribution in [0.1, 0.15) is 11.7 Å². The lowest BCUT2D eigenvalue weighted by Crippen LogP contribution is -2.47. The molecule has 0 bridgehead atoms. The molecule has 1 amide bonds. The predicted molar refractivity (Wildman–Crippen MR) is 106 cm³/mol. The second kappa shape index (κ2) is 8.74. The molecule has 0 radical (unpaired) electrons. The average Bonchev–Trinajstić information content (AvgIpc) is 3.45. The highest BCUT2D eigenvalue weighted by Gasteiger charge is 2.21. The van der Waals surface area contributed by atoms with E-state index in [4.69, 9.17) is 13.7 Å². The third-order valence-electron chi connectivity index (χ3n) is 4.79. The minimum absolute atomic E-state index is 0.0133. The minimum Gasteiger partial charge on any atom is -0.497 e. The fourth-order valence-corrected chi connectivity index (χ4v) is 3.14. The van der Waals surface area contributed by atoms with E-state index in [9.17, 15) is 4.79 Å². The zero-order valence-electron chi connectivity index (χ0n) is 16.2. The van der Waals surface area contributed by atoms with Crippen LogP contribution in [-0.4, -0.2) is 59.1 Å². The van der Waals surface area contributed by atoms with E-state index in [2.05, 4.69) is 15.0 Å². The van der Waals surface area contributed by atoms with Crippen LogP contribution in [0.25, 0.3) is 17.5 Å². The SMILES string of the molecule is COc1ccc(-c2noc(CN3CCN(C(=O)/C=C/c4ccco4)CC3)n2)cc1. The Bertz CT molecular complexity index is 955. The van der Waals surface area contributed by atoms with Crippen molar-refractivity contribution in [2.24, 2.45) is 0 Å². The van der Waals surface area contributed by atoms with Crippen LogP contribution < -0.4 is 4.74 Å². The van der Waals surface area contributed by atoms with E-state index in [1.165, 1.54) is 0 Å². The number of piperazine rings is 1. The van der Waals surface area contributed by atoms with Crippen LogP contribution in [0.4, 0.5) is 0 Å². The molecule has 150 valence electrons. The van der Waals surface area contributed by atoms with Gasteiger partial charge < -0.3 is 18.6 Å². The van der Waals surface area contributed by atoms with Gasteiger partial charge in [-0.3, -0.25) is 9.69 Å². The molecule has 8 nitrogen and oxygen atoms in total. The molecule has 0 saturated carbocycles. The number of methoxy groups -OCH3 is 1. The van der Waals surface area contributed by atoms with E-state index in [0.29, 0.717) is 37.1 Å². The second-order valence-electron chi connectivity index (χ2n) is 6.69. The normalized spacial score (nSPS) is 15.1. The van der Waals surface area contributed by atoms with Crippen molar-refractivity contribution in [1.82, 2.24) is 19.9 Å². The molecule has 1 saturated heterocycles. The third-order valence-corrected chi connectivity index (χ3v) is 4.79. The van der Waals surface area contributed by atoms with E-state index in [1.54, 1.807) is 31.6 Å². The number of aromatic nitrogens is 2. The second-order valence-corrected chi connectivity index (χ2v) is 6.69. The van der Waals surface area contributed by atoms with Crippen molar-refractivity contribution in [1.29, 1.82) is 0 Å². The van der Waals surface area contributed by atoms with Crippen LogP contribution in [0.5, 0.6) is 5.75 Å². The van der Waals surface area contributed by atoms with E-state index < -0.39 is 0 Å². The van der Waals surface area contributed by atoms with Gasteiger partial charge in [-0.25, -0.2) is 0 Å². The zero-order chi connectivity index (χ0) is 20.1. The Morgan fingerprint density at radius 3 is 2.66 bits per heavy atom. The molecule has 0 unspecified atom stereocenters. The highest BCUT2D eigenvalue weighted by molar-refractivity contribution is 5.91. The number of amides is 1. The van der Waals surface area contributed by atoms with Gasteiger partial charge in [-0.05, 0) is 42.5 Å². The molecule has 29 heavy (non-hydrogen) atoms. The van der Waals surface area contributed by atoms with Crippen LogP contribution in [0.2, 0.25) is 0 Å². The molecule has 3 aromatic rings. The molecule has 2 aromatic heterocycles. The van der Waals surface area contributed by atoms with Crippen LogP contribution >= 0.6 is 0 Å². The van der Waals surface area contributed by atoms with Gasteiger partial charge in [-0.1, -0.05) is 5.16 Å². The fourth-order valence-electron chi connectivity index (χ4n) is 3.14. The average molecular weight is 394 g/mol. The lowest BCUT2D eigenvalue weighted by atomic mass is 10.2. The maximum absolute atomic E-state index is 12.3. The topological polar surface area (TPSA) is 84.8 Å². The molecule has 1 aliphatic rings. The van der Waals surface area contributed by atoms with Crippen LogP contribution in [0.3, 0.4) is 0 Å². The highest BCUT2D eigenvalue weighted by atomic mass is 16.5. The first-order valence-electron chi connectivity index (χ1n) is 9.41. The molecule has 1 aliphatic heterocycles. The molecule has 0 spiro atoms. The summed E-state index contributed by atoms with van der Waals surface area (Å²) in [5.74, 6) is 2.55. The molecule has 0 aliphatic carbocycles. The summed E-state index contributed by atoms with van der Waals surface area (Å²) in [6.45, 7) is 3.37. The number of nitrogens with zero attached hydrogens (tertiary/aromatic N) is 4. The molecule has 8 heteroatoms. The Kier molecular flexibility index (Phi) is 5.71. The van der Waals surface area contributed by atoms with E-state index in [1.807, 2.05) is 35.2 Å². The standard InChI is InChI=1S/C21H22N4O4/c1-27-17-6-4-16(5-7-17)21-22-19(29-23-21)15-24-10-12-25(13-11-24)20(26)9-8-18-3-2-14-28-18/h2-9,14H,10-13,15H2,1H3/b9-8+. The van der Waals surface area contributed by atoms with Gasteiger partial charge in [0.05, 0.1) is 19.9 Å². The van der Waals surface area contributed by atoms with Crippen molar-refractivity contribution < 1.29 is 18.5 Å². The zero-order valence-corrected chi connectivity index (χ0v) is 16.2. The Labute approximate surface area is 168 Å². The molecule has 3 heterocycles. The summed E-state index contributed by atoms with van der Waals surface area (Å²) in [5, 5.41) is 4.06. The molecule has 1 fully saturated rings. The maximum atomic E-state index is 12.3. The predicted octanol–water partition coefficient (Wildman–Crippen LogP) is 2.70.